The van der Waals surface area contributed by atoms with E-state index in [0.29, 0.717) is 28.8 Å². The van der Waals surface area contributed by atoms with Crippen LogP contribution in [0.1, 0.15) is 24.4 Å². The van der Waals surface area contributed by atoms with Gasteiger partial charge in [0.15, 0.2) is 11.2 Å². The number of aromatic nitrogens is 7. The molecule has 0 aliphatic carbocycles. The third-order valence-electron chi connectivity index (χ3n) is 5.42. The van der Waals surface area contributed by atoms with Crippen molar-refractivity contribution in [1.29, 1.82) is 5.26 Å². The second-order valence-electron chi connectivity index (χ2n) is 7.55. The molecule has 0 amide bonds. The molecule has 10 nitrogen and oxygen atoms in total. The van der Waals surface area contributed by atoms with E-state index in [1.807, 2.05) is 16.9 Å². The molecule has 11 heteroatoms. The summed E-state index contributed by atoms with van der Waals surface area (Å²) < 4.78 is 16.9. The van der Waals surface area contributed by atoms with Crippen molar-refractivity contribution in [3.8, 4) is 11.8 Å². The van der Waals surface area contributed by atoms with Gasteiger partial charge < -0.3 is 10.2 Å². The molecule has 5 rings (SSSR count). The van der Waals surface area contributed by atoms with E-state index in [2.05, 4.69) is 42.6 Å². The summed E-state index contributed by atoms with van der Waals surface area (Å²) in [4.78, 5) is 11.1. The van der Waals surface area contributed by atoms with Gasteiger partial charge in [-0.1, -0.05) is 5.21 Å². The lowest BCUT2D eigenvalue weighted by Gasteiger charge is -2.28. The minimum Gasteiger partial charge on any atom is -0.321 e. The predicted octanol–water partition coefficient (Wildman–Crippen LogP) is 2.43. The van der Waals surface area contributed by atoms with Crippen molar-refractivity contribution >= 4 is 22.8 Å². The first-order valence-electron chi connectivity index (χ1n) is 9.89. The summed E-state index contributed by atoms with van der Waals surface area (Å²) in [5, 5.41) is 25.1. The predicted molar refractivity (Wildman–Crippen MR) is 110 cm³/mol. The minimum atomic E-state index is -0.497. The van der Waals surface area contributed by atoms with Crippen LogP contribution in [-0.2, 0) is 0 Å². The summed E-state index contributed by atoms with van der Waals surface area (Å²) in [6.45, 7) is 2.11. The molecule has 4 heterocycles. The molecule has 1 aromatic carbocycles. The van der Waals surface area contributed by atoms with E-state index >= 15 is 0 Å². The number of benzene rings is 1. The Morgan fingerprint density at radius 3 is 2.87 bits per heavy atom. The number of hydrogen-bond acceptors (Lipinski definition) is 8. The fourth-order valence-electron chi connectivity index (χ4n) is 3.72. The zero-order chi connectivity index (χ0) is 21.4. The molecule has 31 heavy (non-hydrogen) atoms. The topological polar surface area (TPSA) is 113 Å². The molecule has 3 aromatic heterocycles. The largest absolute Gasteiger partial charge is 0.321 e. The fraction of sp³-hybridized carbons (Fsp3) is 0.300. The highest BCUT2D eigenvalue weighted by molar-refractivity contribution is 5.73. The second-order valence-corrected chi connectivity index (χ2v) is 7.55. The SMILES string of the molecule is CN1CCC(n2cc(Nc3ncc4nnn(-c5ccc(F)cc5C#N)c4n3)cn2)CC1. The lowest BCUT2D eigenvalue weighted by Crippen LogP contribution is -2.31. The van der Waals surface area contributed by atoms with Gasteiger partial charge in [0.1, 0.15) is 11.9 Å². The van der Waals surface area contributed by atoms with Crippen LogP contribution < -0.4 is 5.32 Å². The van der Waals surface area contributed by atoms with Gasteiger partial charge in [-0.3, -0.25) is 4.68 Å². The molecule has 1 aliphatic rings. The highest BCUT2D eigenvalue weighted by atomic mass is 19.1. The molecule has 0 spiro atoms. The van der Waals surface area contributed by atoms with Crippen molar-refractivity contribution in [3.63, 3.8) is 0 Å². The third-order valence-corrected chi connectivity index (χ3v) is 5.42. The van der Waals surface area contributed by atoms with Gasteiger partial charge in [0.2, 0.25) is 5.95 Å². The number of likely N-dealkylation sites (tertiary alicyclic amines) is 1. The Bertz CT molecular complexity index is 1280. The highest BCUT2D eigenvalue weighted by Crippen LogP contribution is 2.24. The van der Waals surface area contributed by atoms with Gasteiger partial charge >= 0.3 is 0 Å². The zero-order valence-electron chi connectivity index (χ0n) is 16.8. The average Bonchev–Trinajstić information content (AvgIpc) is 3.41. The molecule has 1 N–H and O–H groups in total. The molecule has 156 valence electrons. The van der Waals surface area contributed by atoms with E-state index in [0.717, 1.165) is 37.7 Å². The summed E-state index contributed by atoms with van der Waals surface area (Å²) >= 11 is 0. The molecule has 1 fully saturated rings. The molecular weight excluding hydrogens is 399 g/mol. The number of piperidine rings is 1. The summed E-state index contributed by atoms with van der Waals surface area (Å²) in [6.07, 6.45) is 7.36. The van der Waals surface area contributed by atoms with Crippen LogP contribution in [0.4, 0.5) is 16.0 Å². The molecule has 0 unspecified atom stereocenters. The van der Waals surface area contributed by atoms with Crippen molar-refractivity contribution in [1.82, 2.24) is 39.6 Å². The van der Waals surface area contributed by atoms with Gasteiger partial charge in [-0.05, 0) is 51.2 Å². The Kier molecular flexibility index (Phi) is 4.76. The number of halogens is 1. The van der Waals surface area contributed by atoms with Crippen LogP contribution in [0, 0.1) is 17.1 Å². The molecule has 1 saturated heterocycles. The fourth-order valence-corrected chi connectivity index (χ4v) is 3.72. The monoisotopic (exact) mass is 418 g/mol. The van der Waals surface area contributed by atoms with E-state index in [1.165, 1.54) is 16.8 Å². The normalized spacial score (nSPS) is 15.3. The first-order valence-corrected chi connectivity index (χ1v) is 9.89. The first kappa shape index (κ1) is 19.1. The maximum atomic E-state index is 13.5. The van der Waals surface area contributed by atoms with Crippen LogP contribution in [0.25, 0.3) is 16.9 Å². The Balaban J connectivity index is 1.42. The van der Waals surface area contributed by atoms with Crippen LogP contribution in [0.2, 0.25) is 0 Å². The standard InChI is InChI=1S/C20H19FN10/c1-29-6-4-16(5-7-29)30-12-15(10-24-30)25-20-23-11-17-19(26-20)31(28-27-17)18-3-2-14(21)8-13(18)9-22/h2-3,8,10-12,16H,4-7H2,1H3,(H,23,25,26). The van der Waals surface area contributed by atoms with Crippen molar-refractivity contribution < 1.29 is 4.39 Å². The maximum Gasteiger partial charge on any atom is 0.229 e. The Labute approximate surface area is 176 Å². The van der Waals surface area contributed by atoms with E-state index in [9.17, 15) is 9.65 Å². The highest BCUT2D eigenvalue weighted by Gasteiger charge is 2.19. The zero-order valence-corrected chi connectivity index (χ0v) is 16.8. The van der Waals surface area contributed by atoms with E-state index < -0.39 is 5.82 Å². The van der Waals surface area contributed by atoms with Gasteiger partial charge in [-0.25, -0.2) is 9.37 Å². The molecule has 0 saturated carbocycles. The van der Waals surface area contributed by atoms with Gasteiger partial charge in [0.05, 0.1) is 35.4 Å². The number of rotatable bonds is 4. The van der Waals surface area contributed by atoms with E-state index in [4.69, 9.17) is 0 Å². The molecular formula is C20H19FN10. The number of nitrogens with zero attached hydrogens (tertiary/aromatic N) is 9. The summed E-state index contributed by atoms with van der Waals surface area (Å²) in [6, 6.07) is 6.25. The number of anilines is 2. The Morgan fingerprint density at radius 1 is 1.23 bits per heavy atom. The van der Waals surface area contributed by atoms with Crippen LogP contribution in [0.3, 0.4) is 0 Å². The summed E-state index contributed by atoms with van der Waals surface area (Å²) in [5.74, 6) is -0.150. The lowest BCUT2D eigenvalue weighted by molar-refractivity contribution is 0.212. The minimum absolute atomic E-state index is 0.138. The molecule has 0 radical (unpaired) electrons. The quantitative estimate of drug-likeness (QED) is 0.538. The Morgan fingerprint density at radius 2 is 2.06 bits per heavy atom. The average molecular weight is 418 g/mol. The molecule has 4 aromatic rings. The summed E-state index contributed by atoms with van der Waals surface area (Å²) in [5.41, 5.74) is 2.17. The van der Waals surface area contributed by atoms with Crippen LogP contribution >= 0.6 is 0 Å². The number of fused-ring (bicyclic) bond motifs is 1. The van der Waals surface area contributed by atoms with Gasteiger partial charge in [-0.2, -0.15) is 20.0 Å². The summed E-state index contributed by atoms with van der Waals surface area (Å²) in [7, 11) is 2.13. The number of nitrogens with one attached hydrogen (secondary N) is 1. The maximum absolute atomic E-state index is 13.5. The van der Waals surface area contributed by atoms with Crippen molar-refractivity contribution in [2.24, 2.45) is 0 Å². The lowest BCUT2D eigenvalue weighted by atomic mass is 10.1. The van der Waals surface area contributed by atoms with Gasteiger partial charge in [0, 0.05) is 6.20 Å². The van der Waals surface area contributed by atoms with Crippen LogP contribution in [0.15, 0.2) is 36.8 Å². The molecule has 1 aliphatic heterocycles. The van der Waals surface area contributed by atoms with Crippen molar-refractivity contribution in [2.75, 3.05) is 25.5 Å². The number of nitriles is 1. The second kappa shape index (κ2) is 7.73. The van der Waals surface area contributed by atoms with Crippen molar-refractivity contribution in [3.05, 3.63) is 48.2 Å². The number of hydrogen-bond donors (Lipinski definition) is 1. The third kappa shape index (κ3) is 3.69. The van der Waals surface area contributed by atoms with Crippen LogP contribution in [0.5, 0.6) is 0 Å². The molecule has 0 atom stereocenters. The van der Waals surface area contributed by atoms with E-state index in [1.54, 1.807) is 12.4 Å². The van der Waals surface area contributed by atoms with Crippen molar-refractivity contribution in [2.45, 2.75) is 18.9 Å². The smallest absolute Gasteiger partial charge is 0.229 e. The van der Waals surface area contributed by atoms with Gasteiger partial charge in [0.25, 0.3) is 0 Å². The van der Waals surface area contributed by atoms with Crippen LogP contribution in [-0.4, -0.2) is 59.8 Å². The molecule has 0 bridgehead atoms. The van der Waals surface area contributed by atoms with Gasteiger partial charge in [-0.15, -0.1) is 5.10 Å². The van der Waals surface area contributed by atoms with E-state index in [-0.39, 0.29) is 5.56 Å². The first-order chi connectivity index (χ1) is 15.1. The Hall–Kier alpha value is -3.91.